The number of carbonyl (C=O) groups excluding carboxylic acids is 1. The first-order valence-corrected chi connectivity index (χ1v) is 17.2. The summed E-state index contributed by atoms with van der Waals surface area (Å²) in [5, 5.41) is 13.1. The number of hydrogen-bond acceptors (Lipinski definition) is 10. The van der Waals surface area contributed by atoms with Gasteiger partial charge in [0.05, 0.1) is 34.6 Å². The lowest BCUT2D eigenvalue weighted by Gasteiger charge is -2.35. The van der Waals surface area contributed by atoms with Gasteiger partial charge < -0.3 is 25.1 Å². The number of piperidine rings is 2. The van der Waals surface area contributed by atoms with Gasteiger partial charge in [-0.15, -0.1) is 0 Å². The van der Waals surface area contributed by atoms with Crippen LogP contribution in [-0.2, 0) is 19.7 Å². The molecule has 17 heteroatoms. The van der Waals surface area contributed by atoms with Gasteiger partial charge in [-0.2, -0.15) is 13.2 Å². The third kappa shape index (κ3) is 7.21. The smallest absolute Gasteiger partial charge is 0.395 e. The van der Waals surface area contributed by atoms with Crippen molar-refractivity contribution in [2.24, 2.45) is 5.41 Å². The molecule has 11 nitrogen and oxygen atoms in total. The molecule has 48 heavy (non-hydrogen) atoms. The van der Waals surface area contributed by atoms with Crippen molar-refractivity contribution < 1.29 is 45.1 Å². The van der Waals surface area contributed by atoms with Crippen LogP contribution >= 0.6 is 0 Å². The molecule has 0 bridgehead atoms. The number of aliphatic hydroxyl groups is 1. The number of nitrogens with one attached hydrogen (secondary N) is 1. The van der Waals surface area contributed by atoms with E-state index in [4.69, 9.17) is 0 Å². The van der Waals surface area contributed by atoms with Gasteiger partial charge in [0, 0.05) is 50.4 Å². The average Bonchev–Trinajstić information content (AvgIpc) is 3.77. The molecule has 1 saturated carbocycles. The Bertz CT molecular complexity index is 1800. The van der Waals surface area contributed by atoms with Crippen LogP contribution in [0.3, 0.4) is 0 Å². The van der Waals surface area contributed by atoms with Crippen molar-refractivity contribution in [2.45, 2.75) is 57.5 Å². The highest BCUT2D eigenvalue weighted by atomic mass is 32.2. The molecule has 3 aromatic rings. The lowest BCUT2D eigenvalue weighted by atomic mass is 9.93. The standard InChI is InChI=1S/C31H35F5N6O5S/c1-20-14-21(16-22(15-20)40-10-6-30(32,33)7-11-40)39-27-26-24(37-19-38-27)17-23(18-25(26)41-8-4-29(2-3-29)5-9-41)42(48(45,46)13-12-43)47-28(44)31(34,35)36/h14-19,43H,2-13H2,1H3,(H,37,38,39). The van der Waals surface area contributed by atoms with Gasteiger partial charge in [-0.25, -0.2) is 32.0 Å². The van der Waals surface area contributed by atoms with Crippen LogP contribution < -0.4 is 19.6 Å². The van der Waals surface area contributed by atoms with Crippen LogP contribution in [0, 0.1) is 12.3 Å². The number of rotatable bonds is 9. The third-order valence-electron chi connectivity index (χ3n) is 9.22. The Morgan fingerprint density at radius 3 is 2.27 bits per heavy atom. The van der Waals surface area contributed by atoms with Crippen LogP contribution in [0.5, 0.6) is 0 Å². The van der Waals surface area contributed by atoms with Crippen molar-refractivity contribution in [3.8, 4) is 0 Å². The quantitative estimate of drug-likeness (QED) is 0.220. The zero-order valence-corrected chi connectivity index (χ0v) is 26.9. The number of hydrogen-bond donors (Lipinski definition) is 2. The van der Waals surface area contributed by atoms with E-state index in [2.05, 4.69) is 20.1 Å². The number of benzene rings is 2. The van der Waals surface area contributed by atoms with Gasteiger partial charge in [0.1, 0.15) is 12.1 Å². The lowest BCUT2D eigenvalue weighted by Crippen LogP contribution is -2.40. The van der Waals surface area contributed by atoms with Crippen molar-refractivity contribution in [3.05, 3.63) is 42.2 Å². The van der Waals surface area contributed by atoms with E-state index in [0.29, 0.717) is 35.7 Å². The molecular formula is C31H35F5N6O5S. The predicted molar refractivity (Wildman–Crippen MR) is 169 cm³/mol. The van der Waals surface area contributed by atoms with Gasteiger partial charge in [0.2, 0.25) is 0 Å². The van der Waals surface area contributed by atoms with Crippen LogP contribution in [0.1, 0.15) is 44.1 Å². The van der Waals surface area contributed by atoms with E-state index in [0.717, 1.165) is 36.9 Å². The molecule has 0 radical (unpaired) electrons. The minimum Gasteiger partial charge on any atom is -0.395 e. The maximum Gasteiger partial charge on any atom is 0.493 e. The van der Waals surface area contributed by atoms with Crippen LogP contribution in [0.25, 0.3) is 10.9 Å². The van der Waals surface area contributed by atoms with Crippen molar-refractivity contribution in [1.82, 2.24) is 9.97 Å². The van der Waals surface area contributed by atoms with E-state index >= 15 is 0 Å². The third-order valence-corrected chi connectivity index (χ3v) is 10.7. The molecule has 2 saturated heterocycles. The van der Waals surface area contributed by atoms with Crippen molar-refractivity contribution in [2.75, 3.05) is 58.1 Å². The maximum absolute atomic E-state index is 13.8. The molecule has 1 aliphatic carbocycles. The minimum absolute atomic E-state index is 0.113. The van der Waals surface area contributed by atoms with Crippen molar-refractivity contribution in [1.29, 1.82) is 0 Å². The molecule has 6 rings (SSSR count). The van der Waals surface area contributed by atoms with Gasteiger partial charge in [0.15, 0.2) is 0 Å². The van der Waals surface area contributed by atoms with E-state index in [9.17, 15) is 40.3 Å². The topological polar surface area (TPSA) is 128 Å². The van der Waals surface area contributed by atoms with E-state index < -0.39 is 46.1 Å². The average molecular weight is 699 g/mol. The molecule has 2 N–H and O–H groups in total. The Kier molecular flexibility index (Phi) is 8.81. The normalized spacial score (nSPS) is 19.0. The van der Waals surface area contributed by atoms with Crippen molar-refractivity contribution >= 4 is 55.5 Å². The summed E-state index contributed by atoms with van der Waals surface area (Å²) >= 11 is 0. The highest BCUT2D eigenvalue weighted by Crippen LogP contribution is 2.54. The van der Waals surface area contributed by atoms with E-state index in [1.165, 1.54) is 18.5 Å². The molecular weight excluding hydrogens is 663 g/mol. The number of anilines is 5. The van der Waals surface area contributed by atoms with E-state index in [1.807, 2.05) is 34.9 Å². The molecule has 260 valence electrons. The lowest BCUT2D eigenvalue weighted by molar-refractivity contribution is -0.199. The number of carbonyl (C=O) groups is 1. The number of aromatic nitrogens is 2. The van der Waals surface area contributed by atoms with E-state index in [1.54, 1.807) is 0 Å². The van der Waals surface area contributed by atoms with E-state index in [-0.39, 0.29) is 41.3 Å². The summed E-state index contributed by atoms with van der Waals surface area (Å²) in [5.74, 6) is -6.16. The summed E-state index contributed by atoms with van der Waals surface area (Å²) in [6, 6.07) is 8.05. The van der Waals surface area contributed by atoms with Gasteiger partial charge in [-0.3, -0.25) is 0 Å². The first-order valence-electron chi connectivity index (χ1n) is 15.6. The highest BCUT2D eigenvalue weighted by molar-refractivity contribution is 7.92. The number of sulfonamides is 1. The number of aryl methyl sites for hydroxylation is 1. The maximum atomic E-state index is 13.8. The van der Waals surface area contributed by atoms with Gasteiger partial charge in [0.25, 0.3) is 15.9 Å². The monoisotopic (exact) mass is 698 g/mol. The molecule has 2 aliphatic heterocycles. The second kappa shape index (κ2) is 12.5. The summed E-state index contributed by atoms with van der Waals surface area (Å²) in [6.45, 7) is 2.42. The molecule has 3 aliphatic rings. The second-order valence-corrected chi connectivity index (χ2v) is 14.6. The number of fused-ring (bicyclic) bond motifs is 1. The van der Waals surface area contributed by atoms with Crippen LogP contribution in [0.4, 0.5) is 50.5 Å². The van der Waals surface area contributed by atoms with Crippen LogP contribution in [-0.4, -0.2) is 80.1 Å². The number of nitrogens with zero attached hydrogens (tertiary/aromatic N) is 5. The largest absolute Gasteiger partial charge is 0.493 e. The fourth-order valence-electron chi connectivity index (χ4n) is 6.35. The molecule has 1 spiro atoms. The number of halogens is 5. The Balaban J connectivity index is 1.43. The summed E-state index contributed by atoms with van der Waals surface area (Å²) in [5.41, 5.74) is 2.57. The van der Waals surface area contributed by atoms with Gasteiger partial charge in [-0.1, -0.05) is 4.47 Å². The molecule has 3 fully saturated rings. The Hall–Kier alpha value is -3.99. The highest BCUT2D eigenvalue weighted by Gasteiger charge is 2.46. The Labute approximate surface area is 273 Å². The molecule has 3 heterocycles. The summed E-state index contributed by atoms with van der Waals surface area (Å²) < 4.78 is 93.5. The summed E-state index contributed by atoms with van der Waals surface area (Å²) in [7, 11) is -4.78. The van der Waals surface area contributed by atoms with Crippen LogP contribution in [0.15, 0.2) is 36.7 Å². The molecule has 1 aromatic heterocycles. The van der Waals surface area contributed by atoms with Crippen molar-refractivity contribution in [3.63, 3.8) is 0 Å². The summed E-state index contributed by atoms with van der Waals surface area (Å²) in [6.07, 6.45) is -0.921. The van der Waals surface area contributed by atoms with Gasteiger partial charge in [-0.05, 0) is 73.9 Å². The minimum atomic E-state index is -5.50. The van der Waals surface area contributed by atoms with Crippen LogP contribution in [0.2, 0.25) is 0 Å². The van der Waals surface area contributed by atoms with Gasteiger partial charge >= 0.3 is 12.1 Å². The molecule has 0 atom stereocenters. The zero-order chi connectivity index (χ0) is 34.5. The SMILES string of the molecule is Cc1cc(Nc2ncnc3cc(N(OC(=O)C(F)(F)F)S(=O)(=O)CCO)cc(N4CCC5(CC4)CC5)c23)cc(N2CCC(F)(F)CC2)c1. The zero-order valence-electron chi connectivity index (χ0n) is 26.1. The number of alkyl halides is 5. The Morgan fingerprint density at radius 2 is 1.65 bits per heavy atom. The first kappa shape index (κ1) is 33.9. The fraction of sp³-hybridized carbons (Fsp3) is 0.516. The Morgan fingerprint density at radius 1 is 0.979 bits per heavy atom. The molecule has 0 unspecified atom stereocenters. The fourth-order valence-corrected chi connectivity index (χ4v) is 7.35. The molecule has 2 aromatic carbocycles. The predicted octanol–water partition coefficient (Wildman–Crippen LogP) is 5.45. The summed E-state index contributed by atoms with van der Waals surface area (Å²) in [4.78, 5) is 28.9. The molecule has 0 amide bonds. The first-order chi connectivity index (χ1) is 22.6. The number of aliphatic hydroxyl groups excluding tert-OH is 1. The second-order valence-electron chi connectivity index (χ2n) is 12.7.